The Morgan fingerprint density at radius 2 is 1.62 bits per heavy atom. The van der Waals surface area contributed by atoms with E-state index in [0.29, 0.717) is 12.1 Å². The molecule has 0 aliphatic carbocycles. The summed E-state index contributed by atoms with van der Waals surface area (Å²) in [6.45, 7) is 0. The smallest absolute Gasteiger partial charge is 0.297 e. The highest BCUT2D eigenvalue weighted by Crippen LogP contribution is 2.23. The fourth-order valence-corrected chi connectivity index (χ4v) is 2.39. The van der Waals surface area contributed by atoms with E-state index in [1.165, 1.54) is 0 Å². The molecule has 0 aliphatic rings. The Morgan fingerprint density at radius 1 is 1.04 bits per heavy atom. The normalized spacial score (nSPS) is 11.3. The minimum Gasteiger partial charge on any atom is -0.304 e. The fourth-order valence-electron chi connectivity index (χ4n) is 1.77. The minimum atomic E-state index is -4.86. The molecule has 0 heterocycles. The van der Waals surface area contributed by atoms with Gasteiger partial charge < -0.3 is 4.89 Å². The first-order valence-corrected chi connectivity index (χ1v) is 7.80. The van der Waals surface area contributed by atoms with Crippen LogP contribution in [0.5, 0.6) is 5.75 Å². The van der Waals surface area contributed by atoms with Crippen molar-refractivity contribution in [3.8, 4) is 5.75 Å². The Bertz CT molecular complexity index is 884. The van der Waals surface area contributed by atoms with Gasteiger partial charge in [0.1, 0.15) is 10.7 Å². The summed E-state index contributed by atoms with van der Waals surface area (Å²) in [6.07, 6.45) is 0. The number of carbonyl (C=O) groups excluding carboxylic acids is 1. The molecule has 0 atom stereocenters. The highest BCUT2D eigenvalue weighted by Gasteiger charge is 2.20. The summed E-state index contributed by atoms with van der Waals surface area (Å²) in [5, 5.41) is 3.97. The molecule has 2 aromatic carbocycles. The molecule has 0 aromatic heterocycles. The lowest BCUT2D eigenvalue weighted by Crippen LogP contribution is -2.07. The second kappa shape index (κ2) is 7.23. The molecule has 0 saturated heterocycles. The van der Waals surface area contributed by atoms with Crippen molar-refractivity contribution in [3.05, 3.63) is 59.2 Å². The summed E-state index contributed by atoms with van der Waals surface area (Å²) in [5.74, 6) is -3.39. The third-order valence-electron chi connectivity index (χ3n) is 2.82. The molecule has 0 saturated carbocycles. The molecular formula is C13H8F2O7S2. The summed E-state index contributed by atoms with van der Waals surface area (Å²) < 4.78 is 61.8. The van der Waals surface area contributed by atoms with E-state index >= 15 is 0 Å². The second-order valence-electron chi connectivity index (χ2n) is 4.32. The first-order chi connectivity index (χ1) is 11.2. The highest BCUT2D eigenvalue weighted by atomic mass is 32.2. The molecule has 0 bridgehead atoms. The predicted molar refractivity (Wildman–Crippen MR) is 77.8 cm³/mol. The van der Waals surface area contributed by atoms with Crippen molar-refractivity contribution in [2.75, 3.05) is 0 Å². The highest BCUT2D eigenvalue weighted by molar-refractivity contribution is 7.85. The maximum Gasteiger partial charge on any atom is 0.297 e. The molecule has 2 rings (SSSR count). The van der Waals surface area contributed by atoms with Gasteiger partial charge in [0.05, 0.1) is 0 Å². The molecular weight excluding hydrogens is 370 g/mol. The molecule has 0 amide bonds. The number of thiol groups is 1. The Morgan fingerprint density at radius 3 is 2.21 bits per heavy atom. The van der Waals surface area contributed by atoms with Crippen LogP contribution < -0.4 is 4.89 Å². The van der Waals surface area contributed by atoms with E-state index in [9.17, 15) is 22.0 Å². The number of hydrogen-bond acceptors (Lipinski definition) is 7. The minimum absolute atomic E-state index is 0.123. The number of rotatable bonds is 6. The number of halogens is 2. The zero-order valence-corrected chi connectivity index (χ0v) is 13.2. The van der Waals surface area contributed by atoms with Crippen molar-refractivity contribution < 1.29 is 40.8 Å². The Balaban J connectivity index is 2.42. The lowest BCUT2D eigenvalue weighted by molar-refractivity contribution is -0.403. The lowest BCUT2D eigenvalue weighted by Gasteiger charge is -2.07. The molecule has 11 heteroatoms. The first kappa shape index (κ1) is 18.3. The third kappa shape index (κ3) is 4.07. The van der Waals surface area contributed by atoms with Crippen LogP contribution in [-0.2, 0) is 19.5 Å². The summed E-state index contributed by atoms with van der Waals surface area (Å²) >= 11 is 3.20. The van der Waals surface area contributed by atoms with Crippen molar-refractivity contribution in [1.82, 2.24) is 0 Å². The molecule has 1 N–H and O–H groups in total. The van der Waals surface area contributed by atoms with Gasteiger partial charge in [0.25, 0.3) is 10.1 Å². The monoisotopic (exact) mass is 378 g/mol. The molecule has 0 aliphatic heterocycles. The Kier molecular flexibility index (Phi) is 5.51. The molecule has 2 aromatic rings. The van der Waals surface area contributed by atoms with Crippen LogP contribution in [0, 0.1) is 11.6 Å². The van der Waals surface area contributed by atoms with Crippen LogP contribution in [0.2, 0.25) is 0 Å². The molecule has 7 nitrogen and oxygen atoms in total. The molecule has 0 fully saturated rings. The number of carbonyl (C=O) groups is 1. The maximum atomic E-state index is 13.5. The summed E-state index contributed by atoms with van der Waals surface area (Å²) in [7, 11) is -4.86. The van der Waals surface area contributed by atoms with E-state index in [4.69, 9.17) is 4.55 Å². The van der Waals surface area contributed by atoms with Gasteiger partial charge in [-0.1, -0.05) is 0 Å². The van der Waals surface area contributed by atoms with Gasteiger partial charge in [0.15, 0.2) is 11.6 Å². The van der Waals surface area contributed by atoms with Gasteiger partial charge in [-0.25, -0.2) is 8.78 Å². The van der Waals surface area contributed by atoms with Crippen molar-refractivity contribution in [1.29, 1.82) is 0 Å². The van der Waals surface area contributed by atoms with Crippen LogP contribution >= 0.6 is 12.9 Å². The third-order valence-corrected chi connectivity index (χ3v) is 3.75. The van der Waals surface area contributed by atoms with Crippen LogP contribution in [0.15, 0.2) is 41.3 Å². The van der Waals surface area contributed by atoms with Crippen molar-refractivity contribution in [2.45, 2.75) is 4.90 Å². The zero-order valence-electron chi connectivity index (χ0n) is 11.5. The molecule has 0 unspecified atom stereocenters. The average molecular weight is 378 g/mol. The molecule has 0 radical (unpaired) electrons. The van der Waals surface area contributed by atoms with Crippen molar-refractivity contribution in [3.63, 3.8) is 0 Å². The van der Waals surface area contributed by atoms with Crippen molar-refractivity contribution >= 4 is 28.8 Å². The van der Waals surface area contributed by atoms with Gasteiger partial charge in [-0.2, -0.15) is 8.42 Å². The Labute approximate surface area is 140 Å². The van der Waals surface area contributed by atoms with E-state index in [2.05, 4.69) is 27.2 Å². The van der Waals surface area contributed by atoms with Crippen LogP contribution in [-0.4, -0.2) is 18.8 Å². The standard InChI is InChI=1S/C13H8F2O7S2/c14-9-3-1-7(5-11(9)20-21-22-23)13(16)8-2-4-10(15)12(6-8)24(17,18)19/h1-6,23H,(H,17,18,19). The van der Waals surface area contributed by atoms with Gasteiger partial charge in [0, 0.05) is 24.0 Å². The zero-order chi connectivity index (χ0) is 17.9. The van der Waals surface area contributed by atoms with E-state index in [-0.39, 0.29) is 11.1 Å². The number of benzene rings is 2. The van der Waals surface area contributed by atoms with Gasteiger partial charge in [0.2, 0.25) is 5.75 Å². The van der Waals surface area contributed by atoms with Gasteiger partial charge in [-0.05, 0) is 41.4 Å². The van der Waals surface area contributed by atoms with Crippen LogP contribution in [0.3, 0.4) is 0 Å². The summed E-state index contributed by atoms with van der Waals surface area (Å²) in [5.41, 5.74) is -0.380. The molecule has 0 spiro atoms. The van der Waals surface area contributed by atoms with E-state index < -0.39 is 38.2 Å². The SMILES string of the molecule is O=C(c1ccc(F)c(OOOS)c1)c1ccc(F)c(S(=O)(=O)O)c1. The predicted octanol–water partition coefficient (Wildman–Crippen LogP) is 2.53. The van der Waals surface area contributed by atoms with Crippen LogP contribution in [0.1, 0.15) is 15.9 Å². The Hall–Kier alpha value is -2.05. The molecule has 128 valence electrons. The average Bonchev–Trinajstić information content (AvgIpc) is 2.53. The van der Waals surface area contributed by atoms with Crippen LogP contribution in [0.25, 0.3) is 0 Å². The lowest BCUT2D eigenvalue weighted by atomic mass is 10.0. The summed E-state index contributed by atoms with van der Waals surface area (Å²) in [4.78, 5) is 15.6. The first-order valence-electron chi connectivity index (χ1n) is 6.00. The largest absolute Gasteiger partial charge is 0.304 e. The molecule has 24 heavy (non-hydrogen) atoms. The number of hydrogen-bond donors (Lipinski definition) is 2. The summed E-state index contributed by atoms with van der Waals surface area (Å²) in [6, 6.07) is 5.28. The van der Waals surface area contributed by atoms with E-state index in [0.717, 1.165) is 24.3 Å². The van der Waals surface area contributed by atoms with Crippen LogP contribution in [0.4, 0.5) is 8.78 Å². The quantitative estimate of drug-likeness (QED) is 0.199. The van der Waals surface area contributed by atoms with E-state index in [1.54, 1.807) is 0 Å². The fraction of sp³-hybridized carbons (Fsp3) is 0. The van der Waals surface area contributed by atoms with Crippen molar-refractivity contribution in [2.24, 2.45) is 0 Å². The topological polar surface area (TPSA) is 99.1 Å². The number of ketones is 1. The van der Waals surface area contributed by atoms with Gasteiger partial charge in [-0.3, -0.25) is 9.35 Å². The van der Waals surface area contributed by atoms with E-state index in [1.807, 2.05) is 0 Å². The van der Waals surface area contributed by atoms with Gasteiger partial charge in [-0.15, -0.1) is 4.33 Å². The van der Waals surface area contributed by atoms with Gasteiger partial charge >= 0.3 is 0 Å². The maximum absolute atomic E-state index is 13.5. The second-order valence-corrected chi connectivity index (χ2v) is 5.86.